The first-order chi connectivity index (χ1) is 16.7. The van der Waals surface area contributed by atoms with Crippen LogP contribution in [0.4, 0.5) is 0 Å². The summed E-state index contributed by atoms with van der Waals surface area (Å²) < 4.78 is 45.1. The number of benzene rings is 1. The molecule has 0 saturated carbocycles. The molecule has 35 heavy (non-hydrogen) atoms. The quantitative estimate of drug-likeness (QED) is 0.578. The highest BCUT2D eigenvalue weighted by molar-refractivity contribution is 7.89. The largest absolute Gasteiger partial charge is 0.487 e. The molecule has 2 heterocycles. The summed E-state index contributed by atoms with van der Waals surface area (Å²) in [5.74, 6) is 5.71. The summed E-state index contributed by atoms with van der Waals surface area (Å²) in [6, 6.07) is 4.12. The minimum Gasteiger partial charge on any atom is -0.487 e. The van der Waals surface area contributed by atoms with Gasteiger partial charge in [0, 0.05) is 57.4 Å². The van der Waals surface area contributed by atoms with Crippen molar-refractivity contribution in [3.8, 4) is 17.6 Å². The van der Waals surface area contributed by atoms with Gasteiger partial charge in [0.1, 0.15) is 23.4 Å². The maximum Gasteiger partial charge on any atom is 0.247 e. The van der Waals surface area contributed by atoms with Gasteiger partial charge in [-0.1, -0.05) is 18.8 Å². The number of hydrogen-bond acceptors (Lipinski definition) is 7. The average Bonchev–Trinajstić information content (AvgIpc) is 2.85. The molecule has 9 nitrogen and oxygen atoms in total. The Balaban J connectivity index is 1.96. The number of aliphatic hydroxyl groups is 1. The van der Waals surface area contributed by atoms with E-state index in [-0.39, 0.29) is 48.1 Å². The molecule has 1 saturated heterocycles. The van der Waals surface area contributed by atoms with Crippen LogP contribution in [-0.4, -0.2) is 94.5 Å². The van der Waals surface area contributed by atoms with E-state index in [1.54, 1.807) is 38.1 Å². The van der Waals surface area contributed by atoms with E-state index >= 15 is 0 Å². The molecule has 2 aliphatic heterocycles. The fourth-order valence-electron chi connectivity index (χ4n) is 4.35. The lowest BCUT2D eigenvalue weighted by atomic mass is 9.97. The number of ether oxygens (including phenoxy) is 3. The molecule has 0 radical (unpaired) electrons. The predicted octanol–water partition coefficient (Wildman–Crippen LogP) is 1.34. The smallest absolute Gasteiger partial charge is 0.247 e. The van der Waals surface area contributed by atoms with Gasteiger partial charge in [0.05, 0.1) is 13.2 Å². The Bertz CT molecular complexity index is 1040. The number of fused-ring (bicyclic) bond motifs is 1. The molecule has 1 amide bonds. The van der Waals surface area contributed by atoms with Gasteiger partial charge in [0.25, 0.3) is 0 Å². The van der Waals surface area contributed by atoms with Crippen LogP contribution >= 0.6 is 0 Å². The van der Waals surface area contributed by atoms with Crippen molar-refractivity contribution >= 4 is 15.9 Å². The summed E-state index contributed by atoms with van der Waals surface area (Å²) in [6.07, 6.45) is 0.918. The van der Waals surface area contributed by atoms with Crippen molar-refractivity contribution in [3.05, 3.63) is 23.8 Å². The second-order valence-electron chi connectivity index (χ2n) is 9.24. The maximum atomic E-state index is 13.5. The predicted molar refractivity (Wildman–Crippen MR) is 130 cm³/mol. The highest BCUT2D eigenvalue weighted by atomic mass is 32.2. The Morgan fingerprint density at radius 3 is 2.71 bits per heavy atom. The maximum absolute atomic E-state index is 13.5. The molecule has 194 valence electrons. The number of nitrogens with zero attached hydrogens (tertiary/aromatic N) is 2. The molecule has 1 aromatic carbocycles. The van der Waals surface area contributed by atoms with Crippen molar-refractivity contribution in [2.24, 2.45) is 11.8 Å². The molecule has 0 spiro atoms. The molecule has 3 atom stereocenters. The van der Waals surface area contributed by atoms with E-state index < -0.39 is 22.2 Å². The van der Waals surface area contributed by atoms with Gasteiger partial charge in [-0.25, -0.2) is 8.42 Å². The zero-order valence-electron chi connectivity index (χ0n) is 20.9. The summed E-state index contributed by atoms with van der Waals surface area (Å²) in [6.45, 7) is 5.12. The van der Waals surface area contributed by atoms with Crippen LogP contribution in [0.25, 0.3) is 0 Å². The highest BCUT2D eigenvalue weighted by Gasteiger charge is 2.38. The minimum atomic E-state index is -3.93. The number of aliphatic hydroxyl groups excluding tert-OH is 1. The number of sulfonamides is 1. The average molecular weight is 509 g/mol. The zero-order chi connectivity index (χ0) is 25.6. The number of likely N-dealkylation sites (N-methyl/N-ethyl adjacent to an activating group) is 1. The van der Waals surface area contributed by atoms with Crippen molar-refractivity contribution in [3.63, 3.8) is 0 Å². The van der Waals surface area contributed by atoms with E-state index in [4.69, 9.17) is 14.2 Å². The fourth-order valence-corrected chi connectivity index (χ4v) is 6.17. The van der Waals surface area contributed by atoms with Gasteiger partial charge in [0.15, 0.2) is 0 Å². The van der Waals surface area contributed by atoms with Gasteiger partial charge in [0.2, 0.25) is 15.9 Å². The Hall–Kier alpha value is -2.16. The summed E-state index contributed by atoms with van der Waals surface area (Å²) in [5.41, 5.74) is 0.594. The van der Waals surface area contributed by atoms with E-state index in [1.165, 1.54) is 10.4 Å². The van der Waals surface area contributed by atoms with Crippen LogP contribution in [0, 0.1) is 23.7 Å². The topological polar surface area (TPSA) is 106 Å². The lowest BCUT2D eigenvalue weighted by Gasteiger charge is -2.38. The number of carbonyl (C=O) groups excluding carboxylic acids is 1. The van der Waals surface area contributed by atoms with Gasteiger partial charge < -0.3 is 24.2 Å². The fraction of sp³-hybridized carbons (Fsp3) is 0.640. The first-order valence-corrected chi connectivity index (χ1v) is 13.4. The standard InChI is InChI=1S/C25H36N2O7S/c1-18-15-27(19(2)17-28)35(30,31)24-8-7-20(6-5-11-32-4)14-22(24)34-23(18)16-26(3)25(29)21-9-12-33-13-10-21/h7-8,14,18-19,21,23,28H,9-13,15-17H2,1-4H3/t18-,19-,23-/m0/s1. The Morgan fingerprint density at radius 2 is 2.06 bits per heavy atom. The van der Waals surface area contributed by atoms with Crippen molar-refractivity contribution in [1.29, 1.82) is 0 Å². The van der Waals surface area contributed by atoms with Crippen LogP contribution < -0.4 is 4.74 Å². The third-order valence-corrected chi connectivity index (χ3v) is 8.54. The molecule has 0 bridgehead atoms. The second-order valence-corrected chi connectivity index (χ2v) is 11.1. The SMILES string of the molecule is COCC#Cc1ccc2c(c1)O[C@@H](CN(C)C(=O)C1CCOCC1)[C@@H](C)CN([C@@H](C)CO)S2(=O)=O. The molecule has 10 heteroatoms. The van der Waals surface area contributed by atoms with Gasteiger partial charge in [-0.2, -0.15) is 4.31 Å². The second kappa shape index (κ2) is 12.2. The molecule has 0 aliphatic carbocycles. The number of methoxy groups -OCH3 is 1. The summed E-state index contributed by atoms with van der Waals surface area (Å²) >= 11 is 0. The van der Waals surface area contributed by atoms with Crippen LogP contribution in [0.2, 0.25) is 0 Å². The lowest BCUT2D eigenvalue weighted by molar-refractivity contribution is -0.138. The lowest BCUT2D eigenvalue weighted by Crippen LogP contribution is -2.50. The first-order valence-electron chi connectivity index (χ1n) is 11.9. The van der Waals surface area contributed by atoms with Gasteiger partial charge in [-0.15, -0.1) is 0 Å². The number of carbonyl (C=O) groups is 1. The third-order valence-electron chi connectivity index (χ3n) is 6.52. The van der Waals surface area contributed by atoms with Crippen molar-refractivity contribution in [2.45, 2.75) is 43.7 Å². The Morgan fingerprint density at radius 1 is 1.34 bits per heavy atom. The molecule has 1 N–H and O–H groups in total. The van der Waals surface area contributed by atoms with E-state index in [0.29, 0.717) is 38.2 Å². The Kier molecular flexibility index (Phi) is 9.55. The molecule has 1 aromatic rings. The van der Waals surface area contributed by atoms with Crippen molar-refractivity contribution in [2.75, 3.05) is 53.7 Å². The highest BCUT2D eigenvalue weighted by Crippen LogP contribution is 2.34. The molecule has 0 unspecified atom stereocenters. The van der Waals surface area contributed by atoms with Crippen molar-refractivity contribution < 1.29 is 32.5 Å². The summed E-state index contributed by atoms with van der Waals surface area (Å²) in [5, 5.41) is 9.78. The van der Waals surface area contributed by atoms with Crippen LogP contribution in [0.3, 0.4) is 0 Å². The van der Waals surface area contributed by atoms with E-state index in [9.17, 15) is 18.3 Å². The molecular formula is C25H36N2O7S. The van der Waals surface area contributed by atoms with Crippen LogP contribution in [0.1, 0.15) is 32.3 Å². The molecule has 0 aromatic heterocycles. The normalized spacial score (nSPS) is 23.6. The third kappa shape index (κ3) is 6.54. The van der Waals surface area contributed by atoms with E-state index in [0.717, 1.165) is 0 Å². The molecule has 2 aliphatic rings. The number of rotatable bonds is 6. The van der Waals surface area contributed by atoms with E-state index in [1.807, 2.05) is 6.92 Å². The summed E-state index contributed by atoms with van der Waals surface area (Å²) in [4.78, 5) is 14.7. The van der Waals surface area contributed by atoms with Gasteiger partial charge in [-0.3, -0.25) is 4.79 Å². The zero-order valence-corrected chi connectivity index (χ0v) is 21.7. The van der Waals surface area contributed by atoms with E-state index in [2.05, 4.69) is 11.8 Å². The van der Waals surface area contributed by atoms with Gasteiger partial charge in [-0.05, 0) is 38.0 Å². The van der Waals surface area contributed by atoms with Crippen LogP contribution in [0.5, 0.6) is 5.75 Å². The minimum absolute atomic E-state index is 0.0189. The van der Waals surface area contributed by atoms with Gasteiger partial charge >= 0.3 is 0 Å². The van der Waals surface area contributed by atoms with Crippen molar-refractivity contribution in [1.82, 2.24) is 9.21 Å². The number of amides is 1. The summed E-state index contributed by atoms with van der Waals surface area (Å²) in [7, 11) is -0.631. The molecular weight excluding hydrogens is 472 g/mol. The van der Waals surface area contributed by atoms with Crippen LogP contribution in [-0.2, 0) is 24.3 Å². The molecule has 1 fully saturated rings. The number of hydrogen-bond donors (Lipinski definition) is 1. The first kappa shape index (κ1) is 27.4. The molecule has 3 rings (SSSR count). The Labute approximate surface area is 208 Å². The monoisotopic (exact) mass is 508 g/mol. The van der Waals surface area contributed by atoms with Crippen LogP contribution in [0.15, 0.2) is 23.1 Å².